The number of thiophene rings is 1. The summed E-state index contributed by atoms with van der Waals surface area (Å²) in [5.41, 5.74) is 0. The Kier molecular flexibility index (Phi) is 4.37. The molecule has 2 aromatic rings. The number of nitrogens with one attached hydrogen (secondary N) is 1. The van der Waals surface area contributed by atoms with Gasteiger partial charge in [0.2, 0.25) is 11.7 Å². The lowest BCUT2D eigenvalue weighted by molar-refractivity contribution is 0.295. The van der Waals surface area contributed by atoms with Crippen LogP contribution >= 0.6 is 23.7 Å². The predicted molar refractivity (Wildman–Crippen MR) is 74.3 cm³/mol. The van der Waals surface area contributed by atoms with Gasteiger partial charge in [0.05, 0.1) is 4.88 Å². The summed E-state index contributed by atoms with van der Waals surface area (Å²) in [7, 11) is 0. The number of rotatable bonds is 2. The van der Waals surface area contributed by atoms with Crippen LogP contribution < -0.4 is 5.32 Å². The SMILES string of the molecule is C[C@H]1C[C@@H](c2nc(-c3cccs3)no2)CCN1.Cl. The number of halogens is 1. The van der Waals surface area contributed by atoms with Crippen LogP contribution in [0.1, 0.15) is 31.6 Å². The molecule has 3 rings (SSSR count). The quantitative estimate of drug-likeness (QED) is 0.921. The summed E-state index contributed by atoms with van der Waals surface area (Å²) in [6.07, 6.45) is 2.16. The van der Waals surface area contributed by atoms with E-state index in [9.17, 15) is 0 Å². The predicted octanol–water partition coefficient (Wildman–Crippen LogP) is 3.08. The van der Waals surface area contributed by atoms with Gasteiger partial charge >= 0.3 is 0 Å². The lowest BCUT2D eigenvalue weighted by atomic mass is 9.93. The summed E-state index contributed by atoms with van der Waals surface area (Å²) in [5, 5.41) is 9.52. The van der Waals surface area contributed by atoms with Gasteiger partial charge < -0.3 is 9.84 Å². The molecular formula is C12H16ClN3OS. The lowest BCUT2D eigenvalue weighted by Crippen LogP contribution is -2.34. The number of nitrogens with zero attached hydrogens (tertiary/aromatic N) is 2. The maximum absolute atomic E-state index is 5.39. The Balaban J connectivity index is 0.00000120. The first-order chi connectivity index (χ1) is 8.33. The van der Waals surface area contributed by atoms with Crippen LogP contribution in [0.15, 0.2) is 22.0 Å². The van der Waals surface area contributed by atoms with Gasteiger partial charge in [-0.15, -0.1) is 23.7 Å². The van der Waals surface area contributed by atoms with Gasteiger partial charge in [0.25, 0.3) is 0 Å². The van der Waals surface area contributed by atoms with Gasteiger partial charge in [-0.1, -0.05) is 11.2 Å². The molecule has 0 aromatic carbocycles. The van der Waals surface area contributed by atoms with E-state index in [2.05, 4.69) is 22.4 Å². The molecule has 98 valence electrons. The largest absolute Gasteiger partial charge is 0.339 e. The first-order valence-electron chi connectivity index (χ1n) is 5.94. The fourth-order valence-electron chi connectivity index (χ4n) is 2.26. The van der Waals surface area contributed by atoms with Crippen molar-refractivity contribution < 1.29 is 4.52 Å². The van der Waals surface area contributed by atoms with Crippen LogP contribution in [0, 0.1) is 0 Å². The Bertz CT molecular complexity index is 485. The summed E-state index contributed by atoms with van der Waals surface area (Å²) < 4.78 is 5.39. The monoisotopic (exact) mass is 285 g/mol. The van der Waals surface area contributed by atoms with Gasteiger partial charge in [-0.05, 0) is 37.8 Å². The third kappa shape index (κ3) is 2.74. The molecule has 0 aliphatic carbocycles. The van der Waals surface area contributed by atoms with Crippen molar-refractivity contribution in [3.8, 4) is 10.7 Å². The number of piperidine rings is 1. The van der Waals surface area contributed by atoms with Crippen molar-refractivity contribution in [2.75, 3.05) is 6.54 Å². The number of hydrogen-bond donors (Lipinski definition) is 1. The second kappa shape index (κ2) is 5.82. The van der Waals surface area contributed by atoms with Crippen LogP contribution in [0.25, 0.3) is 10.7 Å². The summed E-state index contributed by atoms with van der Waals surface area (Å²) in [6.45, 7) is 3.23. The van der Waals surface area contributed by atoms with E-state index < -0.39 is 0 Å². The molecule has 0 unspecified atom stereocenters. The lowest BCUT2D eigenvalue weighted by Gasteiger charge is -2.25. The van der Waals surface area contributed by atoms with Crippen molar-refractivity contribution in [2.45, 2.75) is 31.7 Å². The Morgan fingerprint density at radius 1 is 1.50 bits per heavy atom. The second-order valence-electron chi connectivity index (χ2n) is 4.51. The molecule has 4 nitrogen and oxygen atoms in total. The molecule has 18 heavy (non-hydrogen) atoms. The maximum atomic E-state index is 5.39. The van der Waals surface area contributed by atoms with Gasteiger partial charge in [-0.25, -0.2) is 0 Å². The molecule has 2 aromatic heterocycles. The van der Waals surface area contributed by atoms with Crippen molar-refractivity contribution in [1.82, 2.24) is 15.5 Å². The molecule has 0 bridgehead atoms. The zero-order valence-corrected chi connectivity index (χ0v) is 11.8. The van der Waals surface area contributed by atoms with Crippen LogP contribution in [0.4, 0.5) is 0 Å². The Morgan fingerprint density at radius 3 is 3.11 bits per heavy atom. The smallest absolute Gasteiger partial charge is 0.230 e. The standard InChI is InChI=1S/C12H15N3OS.ClH/c1-8-7-9(4-5-13-8)12-14-11(15-16-12)10-3-2-6-17-10;/h2-3,6,8-9,13H,4-5,7H2,1H3;1H/t8-,9-;/m0./s1. The highest BCUT2D eigenvalue weighted by Crippen LogP contribution is 2.29. The van der Waals surface area contributed by atoms with Crippen molar-refractivity contribution in [1.29, 1.82) is 0 Å². The van der Waals surface area contributed by atoms with Crippen LogP contribution in [0.2, 0.25) is 0 Å². The van der Waals surface area contributed by atoms with Crippen LogP contribution in [0.5, 0.6) is 0 Å². The average molecular weight is 286 g/mol. The van der Waals surface area contributed by atoms with E-state index in [1.54, 1.807) is 11.3 Å². The summed E-state index contributed by atoms with van der Waals surface area (Å²) in [6, 6.07) is 4.55. The molecule has 1 aliphatic rings. The van der Waals surface area contributed by atoms with Gasteiger partial charge in [-0.2, -0.15) is 4.98 Å². The normalized spacial score (nSPS) is 23.6. The molecule has 0 saturated carbocycles. The van der Waals surface area contributed by atoms with Gasteiger partial charge in [0, 0.05) is 12.0 Å². The zero-order valence-electron chi connectivity index (χ0n) is 10.1. The molecule has 1 fully saturated rings. The van der Waals surface area contributed by atoms with Gasteiger partial charge in [-0.3, -0.25) is 0 Å². The van der Waals surface area contributed by atoms with Crippen LogP contribution in [-0.2, 0) is 0 Å². The molecule has 2 atom stereocenters. The van der Waals surface area contributed by atoms with Crippen molar-refractivity contribution in [3.63, 3.8) is 0 Å². The zero-order chi connectivity index (χ0) is 11.7. The topological polar surface area (TPSA) is 51.0 Å². The van der Waals surface area contributed by atoms with E-state index in [4.69, 9.17) is 4.52 Å². The maximum Gasteiger partial charge on any atom is 0.230 e. The average Bonchev–Trinajstić information content (AvgIpc) is 3.00. The van der Waals surface area contributed by atoms with Crippen molar-refractivity contribution in [2.24, 2.45) is 0 Å². The molecule has 1 N–H and O–H groups in total. The Hall–Kier alpha value is -0.910. The highest BCUT2D eigenvalue weighted by Gasteiger charge is 2.25. The fourth-order valence-corrected chi connectivity index (χ4v) is 2.91. The van der Waals surface area contributed by atoms with Crippen LogP contribution in [-0.4, -0.2) is 22.7 Å². The van der Waals surface area contributed by atoms with E-state index >= 15 is 0 Å². The first-order valence-corrected chi connectivity index (χ1v) is 6.82. The van der Waals surface area contributed by atoms with Crippen LogP contribution in [0.3, 0.4) is 0 Å². The molecule has 0 spiro atoms. The van der Waals surface area contributed by atoms with Gasteiger partial charge in [0.1, 0.15) is 0 Å². The molecule has 0 radical (unpaired) electrons. The highest BCUT2D eigenvalue weighted by molar-refractivity contribution is 7.13. The van der Waals surface area contributed by atoms with Gasteiger partial charge in [0.15, 0.2) is 0 Å². The minimum Gasteiger partial charge on any atom is -0.339 e. The van der Waals surface area contributed by atoms with E-state index in [-0.39, 0.29) is 12.4 Å². The molecule has 1 saturated heterocycles. The molecular weight excluding hydrogens is 270 g/mol. The molecule has 3 heterocycles. The Morgan fingerprint density at radius 2 is 2.39 bits per heavy atom. The minimum atomic E-state index is 0. The summed E-state index contributed by atoms with van der Waals surface area (Å²) in [4.78, 5) is 5.59. The summed E-state index contributed by atoms with van der Waals surface area (Å²) in [5.74, 6) is 1.93. The molecule has 0 amide bonds. The second-order valence-corrected chi connectivity index (χ2v) is 5.46. The summed E-state index contributed by atoms with van der Waals surface area (Å²) >= 11 is 1.64. The molecule has 1 aliphatic heterocycles. The fraction of sp³-hybridized carbons (Fsp3) is 0.500. The third-order valence-corrected chi connectivity index (χ3v) is 4.02. The molecule has 6 heteroatoms. The number of aromatic nitrogens is 2. The van der Waals surface area contributed by atoms with Crippen molar-refractivity contribution in [3.05, 3.63) is 23.4 Å². The van der Waals surface area contributed by atoms with E-state index in [1.165, 1.54) is 0 Å². The third-order valence-electron chi connectivity index (χ3n) is 3.16. The van der Waals surface area contributed by atoms with E-state index in [0.29, 0.717) is 12.0 Å². The number of hydrogen-bond acceptors (Lipinski definition) is 5. The van der Waals surface area contributed by atoms with E-state index in [0.717, 1.165) is 36.0 Å². The first kappa shape index (κ1) is 13.5. The van der Waals surface area contributed by atoms with Crippen molar-refractivity contribution >= 4 is 23.7 Å². The highest BCUT2D eigenvalue weighted by atomic mass is 35.5. The minimum absolute atomic E-state index is 0. The van der Waals surface area contributed by atoms with E-state index in [1.807, 2.05) is 17.5 Å². The Labute approximate surface area is 116 Å².